The van der Waals surface area contributed by atoms with Gasteiger partial charge in [-0.1, -0.05) is 0 Å². The highest BCUT2D eigenvalue weighted by molar-refractivity contribution is 5.99. The predicted molar refractivity (Wildman–Crippen MR) is 69.5 cm³/mol. The number of pyridine rings is 1. The van der Waals surface area contributed by atoms with Gasteiger partial charge < -0.3 is 20.1 Å². The summed E-state index contributed by atoms with van der Waals surface area (Å²) in [5, 5.41) is 11.3. The van der Waals surface area contributed by atoms with Crippen LogP contribution >= 0.6 is 0 Å². The second-order valence-electron chi connectivity index (χ2n) is 3.80. The quantitative estimate of drug-likeness (QED) is 0.773. The number of aromatic carboxylic acids is 1. The topological polar surface area (TPSA) is 109 Å². The Morgan fingerprint density at radius 3 is 2.75 bits per heavy atom. The number of hydrogen-bond donors (Lipinski definition) is 2. The Kier molecular flexibility index (Phi) is 5.45. The molecule has 0 spiro atoms. The fourth-order valence-electron chi connectivity index (χ4n) is 1.36. The largest absolute Gasteiger partial charge is 0.476 e. The van der Waals surface area contributed by atoms with Gasteiger partial charge in [-0.3, -0.25) is 4.79 Å². The number of aromatic nitrogens is 1. The van der Waals surface area contributed by atoms with Gasteiger partial charge in [0.05, 0.1) is 12.3 Å². The van der Waals surface area contributed by atoms with E-state index >= 15 is 0 Å². The van der Waals surface area contributed by atoms with Gasteiger partial charge in [0, 0.05) is 13.2 Å². The van der Waals surface area contributed by atoms with Crippen molar-refractivity contribution in [3.05, 3.63) is 24.0 Å². The van der Waals surface area contributed by atoms with Crippen LogP contribution in [0.5, 0.6) is 0 Å². The monoisotopic (exact) mass is 281 g/mol. The summed E-state index contributed by atoms with van der Waals surface area (Å²) < 4.78 is 4.71. The number of hydrogen-bond acceptors (Lipinski definition) is 5. The molecule has 20 heavy (non-hydrogen) atoms. The van der Waals surface area contributed by atoms with Crippen molar-refractivity contribution in [2.45, 2.75) is 6.92 Å². The Bertz CT molecular complexity index is 518. The molecule has 0 aliphatic rings. The molecule has 0 saturated heterocycles. The first-order valence-corrected chi connectivity index (χ1v) is 5.81. The van der Waals surface area contributed by atoms with Crippen molar-refractivity contribution in [3.8, 4) is 0 Å². The van der Waals surface area contributed by atoms with E-state index in [-0.39, 0.29) is 24.5 Å². The van der Waals surface area contributed by atoms with Gasteiger partial charge >= 0.3 is 18.0 Å². The van der Waals surface area contributed by atoms with Crippen molar-refractivity contribution in [2.24, 2.45) is 0 Å². The molecule has 2 N–H and O–H groups in total. The van der Waals surface area contributed by atoms with Gasteiger partial charge in [-0.25, -0.2) is 14.6 Å². The summed E-state index contributed by atoms with van der Waals surface area (Å²) in [6.07, 6.45) is 1.31. The molecule has 8 nitrogen and oxygen atoms in total. The van der Waals surface area contributed by atoms with E-state index in [4.69, 9.17) is 9.84 Å². The average molecular weight is 281 g/mol. The van der Waals surface area contributed by atoms with Gasteiger partial charge in [-0.15, -0.1) is 0 Å². The van der Waals surface area contributed by atoms with Crippen molar-refractivity contribution < 1.29 is 24.2 Å². The number of anilines is 1. The van der Waals surface area contributed by atoms with Crippen molar-refractivity contribution in [3.63, 3.8) is 0 Å². The lowest BCUT2D eigenvalue weighted by Gasteiger charge is -2.17. The van der Waals surface area contributed by atoms with Gasteiger partial charge in [0.1, 0.15) is 6.54 Å². The summed E-state index contributed by atoms with van der Waals surface area (Å²) in [5.74, 6) is -1.80. The zero-order valence-corrected chi connectivity index (χ0v) is 11.1. The second kappa shape index (κ2) is 7.07. The molecule has 0 bridgehead atoms. The number of nitrogens with one attached hydrogen (secondary N) is 1. The first-order valence-electron chi connectivity index (χ1n) is 5.81. The zero-order valence-electron chi connectivity index (χ0n) is 11.1. The summed E-state index contributed by atoms with van der Waals surface area (Å²) >= 11 is 0. The van der Waals surface area contributed by atoms with Crippen molar-refractivity contribution in [2.75, 3.05) is 25.5 Å². The standard InChI is InChI=1S/C12H15N3O5/c1-3-20-9(16)7-15(2)12(19)14-8-5-4-6-13-10(8)11(17)18/h4-6H,3,7H2,1-2H3,(H,14,19)(H,17,18). The van der Waals surface area contributed by atoms with Crippen LogP contribution in [0.25, 0.3) is 0 Å². The number of urea groups is 1. The molecule has 108 valence electrons. The highest BCUT2D eigenvalue weighted by Gasteiger charge is 2.17. The van der Waals surface area contributed by atoms with Gasteiger partial charge in [-0.2, -0.15) is 0 Å². The fraction of sp³-hybridized carbons (Fsp3) is 0.333. The van der Waals surface area contributed by atoms with Gasteiger partial charge in [0.2, 0.25) is 0 Å². The smallest absolute Gasteiger partial charge is 0.356 e. The summed E-state index contributed by atoms with van der Waals surface area (Å²) in [6, 6.07) is 2.27. The number of nitrogens with zero attached hydrogens (tertiary/aromatic N) is 2. The van der Waals surface area contributed by atoms with E-state index < -0.39 is 18.0 Å². The lowest BCUT2D eigenvalue weighted by Crippen LogP contribution is -2.36. The summed E-state index contributed by atoms with van der Waals surface area (Å²) in [5.41, 5.74) is -0.217. The Hall–Kier alpha value is -2.64. The van der Waals surface area contributed by atoms with E-state index in [0.717, 1.165) is 4.90 Å². The minimum Gasteiger partial charge on any atom is -0.476 e. The third-order valence-electron chi connectivity index (χ3n) is 2.27. The molecule has 0 unspecified atom stereocenters. The minimum atomic E-state index is -1.26. The minimum absolute atomic E-state index is 0.0562. The van der Waals surface area contributed by atoms with Crippen LogP contribution in [0.15, 0.2) is 18.3 Å². The lowest BCUT2D eigenvalue weighted by molar-refractivity contribution is -0.143. The summed E-state index contributed by atoms with van der Waals surface area (Å²) in [7, 11) is 1.39. The number of rotatable bonds is 5. The van der Waals surface area contributed by atoms with E-state index in [2.05, 4.69) is 10.3 Å². The maximum atomic E-state index is 11.8. The molecule has 0 aliphatic carbocycles. The van der Waals surface area contributed by atoms with E-state index in [1.165, 1.54) is 25.4 Å². The number of amides is 2. The number of carboxylic acid groups (broad SMARTS) is 1. The predicted octanol–water partition coefficient (Wildman–Crippen LogP) is 0.807. The SMILES string of the molecule is CCOC(=O)CN(C)C(=O)Nc1cccnc1C(=O)O. The van der Waals surface area contributed by atoms with Crippen LogP contribution in [0.1, 0.15) is 17.4 Å². The summed E-state index contributed by atoms with van der Waals surface area (Å²) in [4.78, 5) is 38.7. The molecule has 1 aromatic heterocycles. The van der Waals surface area contributed by atoms with Crippen LogP contribution in [-0.4, -0.2) is 53.2 Å². The molecule has 0 saturated carbocycles. The molecular formula is C12H15N3O5. The zero-order chi connectivity index (χ0) is 15.1. The van der Waals surface area contributed by atoms with Crippen LogP contribution in [0.3, 0.4) is 0 Å². The molecule has 1 heterocycles. The molecule has 8 heteroatoms. The molecule has 0 atom stereocenters. The first-order chi connectivity index (χ1) is 9.45. The normalized spacial score (nSPS) is 9.70. The van der Waals surface area contributed by atoms with Gasteiger partial charge in [-0.05, 0) is 19.1 Å². The van der Waals surface area contributed by atoms with Gasteiger partial charge in [0.15, 0.2) is 5.69 Å². The maximum Gasteiger partial charge on any atom is 0.356 e. The molecule has 0 aliphatic heterocycles. The molecular weight excluding hydrogens is 266 g/mol. The number of carboxylic acids is 1. The van der Waals surface area contributed by atoms with Gasteiger partial charge in [0.25, 0.3) is 0 Å². The Balaban J connectivity index is 2.71. The Morgan fingerprint density at radius 1 is 1.45 bits per heavy atom. The van der Waals surface area contributed by atoms with E-state index in [1.807, 2.05) is 0 Å². The maximum absolute atomic E-state index is 11.8. The highest BCUT2D eigenvalue weighted by atomic mass is 16.5. The molecule has 1 rings (SSSR count). The molecule has 0 fully saturated rings. The van der Waals surface area contributed by atoms with Crippen LogP contribution in [0.2, 0.25) is 0 Å². The first kappa shape index (κ1) is 15.4. The third-order valence-corrected chi connectivity index (χ3v) is 2.27. The summed E-state index contributed by atoms with van der Waals surface area (Å²) in [6.45, 7) is 1.65. The van der Waals surface area contributed by atoms with E-state index in [1.54, 1.807) is 6.92 Å². The molecule has 0 aromatic carbocycles. The van der Waals surface area contributed by atoms with Crippen LogP contribution in [0, 0.1) is 0 Å². The molecule has 0 radical (unpaired) electrons. The van der Waals surface area contributed by atoms with E-state index in [9.17, 15) is 14.4 Å². The van der Waals surface area contributed by atoms with Crippen molar-refractivity contribution in [1.29, 1.82) is 0 Å². The highest BCUT2D eigenvalue weighted by Crippen LogP contribution is 2.12. The van der Waals surface area contributed by atoms with Crippen LogP contribution in [-0.2, 0) is 9.53 Å². The molecule has 1 aromatic rings. The number of carbonyl (C=O) groups excluding carboxylic acids is 2. The van der Waals surface area contributed by atoms with Crippen LogP contribution in [0.4, 0.5) is 10.5 Å². The van der Waals surface area contributed by atoms with Crippen LogP contribution < -0.4 is 5.32 Å². The second-order valence-corrected chi connectivity index (χ2v) is 3.80. The van der Waals surface area contributed by atoms with E-state index in [0.29, 0.717) is 0 Å². The number of ether oxygens (including phenoxy) is 1. The Labute approximate surface area is 115 Å². The third kappa shape index (κ3) is 4.23. The Morgan fingerprint density at radius 2 is 2.15 bits per heavy atom. The number of carbonyl (C=O) groups is 3. The lowest BCUT2D eigenvalue weighted by atomic mass is 10.3. The fourth-order valence-corrected chi connectivity index (χ4v) is 1.36. The average Bonchev–Trinajstić information content (AvgIpc) is 2.39. The van der Waals surface area contributed by atoms with Crippen molar-refractivity contribution >= 4 is 23.7 Å². The van der Waals surface area contributed by atoms with Crippen molar-refractivity contribution in [1.82, 2.24) is 9.88 Å². The molecule has 2 amide bonds. The number of esters is 1. The number of likely N-dealkylation sites (N-methyl/N-ethyl adjacent to an activating group) is 1.